The predicted octanol–water partition coefficient (Wildman–Crippen LogP) is 4.56. The highest BCUT2D eigenvalue weighted by molar-refractivity contribution is 6.00. The zero-order valence-corrected chi connectivity index (χ0v) is 20.4. The van der Waals surface area contributed by atoms with Gasteiger partial charge >= 0.3 is 6.18 Å². The molecule has 3 aliphatic rings. The summed E-state index contributed by atoms with van der Waals surface area (Å²) in [5.74, 6) is 0.749. The minimum atomic E-state index is -4.19. The lowest BCUT2D eigenvalue weighted by Crippen LogP contribution is -2.49. The molecule has 1 N–H and O–H groups in total. The van der Waals surface area contributed by atoms with Crippen LogP contribution in [-0.2, 0) is 16.1 Å². The van der Waals surface area contributed by atoms with Gasteiger partial charge in [-0.15, -0.1) is 0 Å². The first-order valence-corrected chi connectivity index (χ1v) is 12.5. The number of ether oxygens (including phenoxy) is 1. The highest BCUT2D eigenvalue weighted by Gasteiger charge is 2.34. The van der Waals surface area contributed by atoms with Crippen LogP contribution in [-0.4, -0.2) is 67.9 Å². The summed E-state index contributed by atoms with van der Waals surface area (Å²) >= 11 is 0. The van der Waals surface area contributed by atoms with Crippen LogP contribution in [0.15, 0.2) is 36.5 Å². The number of anilines is 4. The maximum absolute atomic E-state index is 13.8. The molecule has 3 heterocycles. The van der Waals surface area contributed by atoms with Crippen molar-refractivity contribution in [2.75, 3.05) is 55.0 Å². The minimum Gasteiger partial charge on any atom is -0.381 e. The zero-order chi connectivity index (χ0) is 25.3. The number of nitrogens with zero attached hydrogens (tertiary/aromatic N) is 4. The number of nitrogens with one attached hydrogen (secondary N) is 1. The van der Waals surface area contributed by atoms with Crippen LogP contribution in [0.5, 0.6) is 0 Å². The van der Waals surface area contributed by atoms with E-state index in [1.54, 1.807) is 13.3 Å². The summed E-state index contributed by atoms with van der Waals surface area (Å²) in [6, 6.07) is 9.75. The second-order valence-corrected chi connectivity index (χ2v) is 9.85. The summed E-state index contributed by atoms with van der Waals surface area (Å²) in [5, 5.41) is 3.39. The number of rotatable bonds is 4. The Labute approximate surface area is 209 Å². The first kappa shape index (κ1) is 24.8. The molecule has 2 fully saturated rings. The number of aromatic nitrogens is 1. The van der Waals surface area contributed by atoms with Gasteiger partial charge in [0.25, 0.3) is 0 Å². The van der Waals surface area contributed by atoms with Gasteiger partial charge in [0, 0.05) is 56.7 Å². The molecule has 5 rings (SSSR count). The molecule has 7 nitrogen and oxygen atoms in total. The number of alkyl halides is 3. The van der Waals surface area contributed by atoms with Crippen molar-refractivity contribution in [1.29, 1.82) is 0 Å². The fourth-order valence-corrected chi connectivity index (χ4v) is 5.49. The highest BCUT2D eigenvalue weighted by atomic mass is 19.4. The quantitative estimate of drug-likeness (QED) is 0.660. The summed E-state index contributed by atoms with van der Waals surface area (Å²) in [6.07, 6.45) is 1.06. The molecule has 1 amide bonds. The molecule has 1 aliphatic carbocycles. The Bertz CT molecular complexity index is 1080. The Kier molecular flexibility index (Phi) is 7.07. The van der Waals surface area contributed by atoms with Crippen molar-refractivity contribution in [3.63, 3.8) is 0 Å². The van der Waals surface area contributed by atoms with Crippen molar-refractivity contribution in [2.24, 2.45) is 5.92 Å². The van der Waals surface area contributed by atoms with Crippen molar-refractivity contribution < 1.29 is 22.7 Å². The molecule has 10 heteroatoms. The van der Waals surface area contributed by atoms with Gasteiger partial charge in [0.15, 0.2) is 0 Å². The van der Waals surface area contributed by atoms with Gasteiger partial charge in [-0.25, -0.2) is 4.98 Å². The molecule has 0 bridgehead atoms. The SMILES string of the molecule is CO[C@H]1CC[C@H](C(=O)N2Cc3cccnc3Nc3ccc(N4CCN(CC(F)(F)F)CC4)cc32)CC1. The number of hydrogen-bond acceptors (Lipinski definition) is 6. The average Bonchev–Trinajstić information content (AvgIpc) is 3.04. The summed E-state index contributed by atoms with van der Waals surface area (Å²) in [5.41, 5.74) is 3.42. The molecular formula is C26H32F3N5O2. The number of methoxy groups -OCH3 is 1. The van der Waals surface area contributed by atoms with Gasteiger partial charge in [-0.2, -0.15) is 13.2 Å². The van der Waals surface area contributed by atoms with Crippen LogP contribution in [0.3, 0.4) is 0 Å². The van der Waals surface area contributed by atoms with Gasteiger partial charge in [0.05, 0.1) is 30.6 Å². The van der Waals surface area contributed by atoms with Crippen LogP contribution < -0.4 is 15.1 Å². The summed E-state index contributed by atoms with van der Waals surface area (Å²) in [7, 11) is 1.72. The Hall–Kier alpha value is -2.85. The van der Waals surface area contributed by atoms with Gasteiger partial charge in [-0.05, 0) is 49.9 Å². The molecule has 1 aromatic heterocycles. The maximum Gasteiger partial charge on any atom is 0.401 e. The lowest BCUT2D eigenvalue weighted by atomic mass is 9.86. The Balaban J connectivity index is 1.40. The number of halogens is 3. The molecule has 1 saturated heterocycles. The lowest BCUT2D eigenvalue weighted by Gasteiger charge is -2.37. The van der Waals surface area contributed by atoms with Crippen molar-refractivity contribution in [1.82, 2.24) is 9.88 Å². The smallest absolute Gasteiger partial charge is 0.381 e. The van der Waals surface area contributed by atoms with Crippen LogP contribution >= 0.6 is 0 Å². The van der Waals surface area contributed by atoms with Gasteiger partial charge in [0.2, 0.25) is 5.91 Å². The molecule has 1 aromatic carbocycles. The van der Waals surface area contributed by atoms with Gasteiger partial charge in [-0.1, -0.05) is 6.07 Å². The molecule has 0 atom stereocenters. The van der Waals surface area contributed by atoms with E-state index in [9.17, 15) is 18.0 Å². The molecule has 36 heavy (non-hydrogen) atoms. The van der Waals surface area contributed by atoms with Crippen molar-refractivity contribution in [2.45, 2.75) is 44.5 Å². The molecular weight excluding hydrogens is 471 g/mol. The lowest BCUT2D eigenvalue weighted by molar-refractivity contribution is -0.146. The van der Waals surface area contributed by atoms with Crippen molar-refractivity contribution in [3.8, 4) is 0 Å². The third-order valence-corrected chi connectivity index (χ3v) is 7.51. The minimum absolute atomic E-state index is 0.0722. The van der Waals surface area contributed by atoms with Gasteiger partial charge in [-0.3, -0.25) is 9.69 Å². The van der Waals surface area contributed by atoms with E-state index in [4.69, 9.17) is 4.74 Å². The third kappa shape index (κ3) is 5.44. The number of benzene rings is 1. The second kappa shape index (κ2) is 10.3. The van der Waals surface area contributed by atoms with Gasteiger partial charge < -0.3 is 19.9 Å². The topological polar surface area (TPSA) is 60.9 Å². The predicted molar refractivity (Wildman–Crippen MR) is 133 cm³/mol. The van der Waals surface area contributed by atoms with Crippen molar-refractivity contribution in [3.05, 3.63) is 42.1 Å². The Morgan fingerprint density at radius 2 is 1.86 bits per heavy atom. The molecule has 0 spiro atoms. The number of carbonyl (C=O) groups excluding carboxylic acids is 1. The van der Waals surface area contributed by atoms with Crippen LogP contribution in [0.25, 0.3) is 0 Å². The number of amides is 1. The van der Waals surface area contributed by atoms with E-state index in [0.717, 1.165) is 54.1 Å². The maximum atomic E-state index is 13.8. The zero-order valence-electron chi connectivity index (χ0n) is 20.4. The van der Waals surface area contributed by atoms with E-state index in [0.29, 0.717) is 32.7 Å². The third-order valence-electron chi connectivity index (χ3n) is 7.51. The summed E-state index contributed by atoms with van der Waals surface area (Å²) in [6.45, 7) is 1.21. The van der Waals surface area contributed by atoms with Crippen LogP contribution in [0.2, 0.25) is 0 Å². The molecule has 0 radical (unpaired) electrons. The average molecular weight is 504 g/mol. The van der Waals surface area contributed by atoms with E-state index in [2.05, 4.69) is 15.2 Å². The fourth-order valence-electron chi connectivity index (χ4n) is 5.49. The van der Waals surface area contributed by atoms with Crippen molar-refractivity contribution >= 4 is 28.8 Å². The highest BCUT2D eigenvalue weighted by Crippen LogP contribution is 2.40. The number of carbonyl (C=O) groups is 1. The van der Waals surface area contributed by atoms with E-state index < -0.39 is 12.7 Å². The van der Waals surface area contributed by atoms with E-state index in [-0.39, 0.29) is 17.9 Å². The number of pyridine rings is 1. The number of hydrogen-bond donors (Lipinski definition) is 1. The van der Waals surface area contributed by atoms with Gasteiger partial charge in [0.1, 0.15) is 5.82 Å². The summed E-state index contributed by atoms with van der Waals surface area (Å²) < 4.78 is 43.9. The summed E-state index contributed by atoms with van der Waals surface area (Å²) in [4.78, 5) is 23.7. The van der Waals surface area contributed by atoms with Crippen LogP contribution in [0.4, 0.5) is 36.1 Å². The first-order valence-electron chi connectivity index (χ1n) is 12.5. The van der Waals surface area contributed by atoms with E-state index in [1.165, 1.54) is 4.90 Å². The van der Waals surface area contributed by atoms with Crippen LogP contribution in [0.1, 0.15) is 31.2 Å². The van der Waals surface area contributed by atoms with E-state index >= 15 is 0 Å². The molecule has 0 unspecified atom stereocenters. The molecule has 194 valence electrons. The number of fused-ring (bicyclic) bond motifs is 2. The Morgan fingerprint density at radius 1 is 1.11 bits per heavy atom. The molecule has 2 aromatic rings. The fraction of sp³-hybridized carbons (Fsp3) is 0.538. The van der Waals surface area contributed by atoms with E-state index in [1.807, 2.05) is 35.2 Å². The van der Waals surface area contributed by atoms with Crippen LogP contribution in [0, 0.1) is 5.92 Å². The number of piperazine rings is 1. The normalized spacial score (nSPS) is 22.9. The monoisotopic (exact) mass is 503 g/mol. The molecule has 1 saturated carbocycles. The molecule has 2 aliphatic heterocycles. The second-order valence-electron chi connectivity index (χ2n) is 9.85. The Morgan fingerprint density at radius 3 is 2.56 bits per heavy atom. The standard InChI is InChI=1S/C26H32F3N5O2/c1-36-21-7-4-18(5-8-21)25(35)34-16-19-3-2-10-30-24(19)31-22-9-6-20(15-23(22)34)33-13-11-32(12-14-33)17-26(27,28)29/h2-3,6,9-10,15,18,21H,4-5,7-8,11-14,16-17H2,1H3,(H,30,31)/t18-,21-. The largest absolute Gasteiger partial charge is 0.401 e. The first-order chi connectivity index (χ1) is 17.3.